The van der Waals surface area contributed by atoms with Crippen LogP contribution in [-0.4, -0.2) is 57.5 Å². The van der Waals surface area contributed by atoms with Gasteiger partial charge in [-0.2, -0.15) is 0 Å². The number of phenolic OH excluding ortho intramolecular Hbond substituents is 1. The van der Waals surface area contributed by atoms with Crippen molar-refractivity contribution >= 4 is 23.8 Å². The molecule has 2 aliphatic rings. The van der Waals surface area contributed by atoms with Crippen LogP contribution >= 0.6 is 0 Å². The van der Waals surface area contributed by atoms with Gasteiger partial charge in [-0.15, -0.1) is 0 Å². The molecular weight excluding hydrogens is 464 g/mol. The van der Waals surface area contributed by atoms with Crippen LogP contribution in [0, 0.1) is 0 Å². The molecule has 3 rings (SSSR count). The number of primary amides is 1. The van der Waals surface area contributed by atoms with Crippen LogP contribution in [0.5, 0.6) is 5.75 Å². The van der Waals surface area contributed by atoms with Crippen LogP contribution in [-0.2, 0) is 19.1 Å². The summed E-state index contributed by atoms with van der Waals surface area (Å²) in [5, 5.41) is 16.2. The van der Waals surface area contributed by atoms with Crippen LogP contribution in [0.4, 0.5) is 4.79 Å². The molecule has 0 radical (unpaired) electrons. The lowest BCUT2D eigenvalue weighted by molar-refractivity contribution is -0.144. The van der Waals surface area contributed by atoms with Gasteiger partial charge in [0.15, 0.2) is 0 Å². The summed E-state index contributed by atoms with van der Waals surface area (Å²) < 4.78 is 5.28. The highest BCUT2D eigenvalue weighted by atomic mass is 16.6. The lowest BCUT2D eigenvalue weighted by Gasteiger charge is -2.36. The molecule has 2 aliphatic carbocycles. The summed E-state index contributed by atoms with van der Waals surface area (Å²) in [7, 11) is 0. The Morgan fingerprint density at radius 3 is 2.28 bits per heavy atom. The highest BCUT2D eigenvalue weighted by Crippen LogP contribution is 2.38. The second-order valence-corrected chi connectivity index (χ2v) is 10.7. The number of rotatable bonds is 9. The van der Waals surface area contributed by atoms with Gasteiger partial charge in [-0.1, -0.05) is 37.5 Å². The smallest absolute Gasteiger partial charge is 0.408 e. The highest BCUT2D eigenvalue weighted by molar-refractivity contribution is 5.95. The zero-order valence-corrected chi connectivity index (χ0v) is 21.3. The summed E-state index contributed by atoms with van der Waals surface area (Å²) in [4.78, 5) is 53.2. The molecule has 4 amide bonds. The Kier molecular flexibility index (Phi) is 8.81. The molecule has 2 saturated carbocycles. The molecule has 1 aromatic carbocycles. The zero-order chi connectivity index (χ0) is 26.5. The summed E-state index contributed by atoms with van der Waals surface area (Å²) in [6.07, 6.45) is 4.82. The maximum absolute atomic E-state index is 13.9. The van der Waals surface area contributed by atoms with Gasteiger partial charge in [-0.3, -0.25) is 14.4 Å². The van der Waals surface area contributed by atoms with Crippen molar-refractivity contribution in [3.63, 3.8) is 0 Å². The van der Waals surface area contributed by atoms with Gasteiger partial charge in [0.25, 0.3) is 0 Å². The molecular formula is C26H38N4O6. The van der Waals surface area contributed by atoms with Crippen LogP contribution in [0.15, 0.2) is 24.3 Å². The Bertz CT molecular complexity index is 965. The highest BCUT2D eigenvalue weighted by Gasteiger charge is 2.45. The second kappa shape index (κ2) is 11.6. The van der Waals surface area contributed by atoms with Gasteiger partial charge < -0.3 is 31.1 Å². The summed E-state index contributed by atoms with van der Waals surface area (Å²) in [6.45, 7) is 5.04. The predicted octanol–water partition coefficient (Wildman–Crippen LogP) is 2.64. The normalized spacial score (nSPS) is 18.0. The molecule has 1 aromatic rings. The molecule has 5 N–H and O–H groups in total. The molecule has 0 aromatic heterocycles. The SMILES string of the molecule is CC(C)(C)OC(=O)NC(CC(N)=O)C(=O)N(C1CC1)C(C(=O)NC1CCCCC1)c1ccccc1O. The molecule has 198 valence electrons. The summed E-state index contributed by atoms with van der Waals surface area (Å²) >= 11 is 0. The van der Waals surface area contributed by atoms with Crippen molar-refractivity contribution in [3.05, 3.63) is 29.8 Å². The lowest BCUT2D eigenvalue weighted by Crippen LogP contribution is -2.55. The average molecular weight is 503 g/mol. The van der Waals surface area contributed by atoms with Crippen LogP contribution in [0.2, 0.25) is 0 Å². The summed E-state index contributed by atoms with van der Waals surface area (Å²) in [5.41, 5.74) is 4.86. The Balaban J connectivity index is 1.94. The van der Waals surface area contributed by atoms with Crippen LogP contribution in [0.3, 0.4) is 0 Å². The van der Waals surface area contributed by atoms with E-state index in [2.05, 4.69) is 10.6 Å². The number of nitrogens with two attached hydrogens (primary N) is 1. The molecule has 36 heavy (non-hydrogen) atoms. The summed E-state index contributed by atoms with van der Waals surface area (Å²) in [5.74, 6) is -1.94. The first-order valence-electron chi connectivity index (χ1n) is 12.6. The number of carbonyl (C=O) groups excluding carboxylic acids is 4. The van der Waals surface area contributed by atoms with Crippen molar-refractivity contribution in [2.45, 2.75) is 102 Å². The third kappa shape index (κ3) is 7.60. The van der Waals surface area contributed by atoms with E-state index in [0.29, 0.717) is 12.8 Å². The van der Waals surface area contributed by atoms with E-state index in [0.717, 1.165) is 32.1 Å². The minimum absolute atomic E-state index is 0.0166. The van der Waals surface area contributed by atoms with Gasteiger partial charge in [0, 0.05) is 17.6 Å². The molecule has 2 atom stereocenters. The number of alkyl carbamates (subject to hydrolysis) is 1. The second-order valence-electron chi connectivity index (χ2n) is 10.7. The number of para-hydroxylation sites is 1. The lowest BCUT2D eigenvalue weighted by atomic mass is 9.94. The van der Waals surface area contributed by atoms with E-state index in [1.807, 2.05) is 0 Å². The van der Waals surface area contributed by atoms with E-state index in [1.165, 1.54) is 11.0 Å². The number of benzene rings is 1. The standard InChI is InChI=1S/C26H38N4O6/c1-26(2,3)36-25(35)29-19(15-21(27)32)24(34)30(17-13-14-17)22(18-11-7-8-12-20(18)31)23(33)28-16-9-5-4-6-10-16/h7-8,11-12,16-17,19,22,31H,4-6,9-10,13-15H2,1-3H3,(H2,27,32)(H,28,33)(H,29,35). The largest absolute Gasteiger partial charge is 0.508 e. The fourth-order valence-electron chi connectivity index (χ4n) is 4.56. The van der Waals surface area contributed by atoms with E-state index >= 15 is 0 Å². The Morgan fingerprint density at radius 2 is 1.72 bits per heavy atom. The minimum Gasteiger partial charge on any atom is -0.508 e. The number of aromatic hydroxyl groups is 1. The number of nitrogens with zero attached hydrogens (tertiary/aromatic N) is 1. The van der Waals surface area contributed by atoms with Gasteiger partial charge in [0.05, 0.1) is 6.42 Å². The molecule has 0 heterocycles. The fraction of sp³-hybridized carbons (Fsp3) is 0.615. The van der Waals surface area contributed by atoms with Crippen molar-refractivity contribution < 1.29 is 29.0 Å². The van der Waals surface area contributed by atoms with Gasteiger partial charge in [-0.05, 0) is 52.5 Å². The third-order valence-electron chi connectivity index (χ3n) is 6.30. The molecule has 2 fully saturated rings. The maximum atomic E-state index is 13.9. The number of carbonyl (C=O) groups is 4. The van der Waals surface area contributed by atoms with Gasteiger partial charge >= 0.3 is 6.09 Å². The quantitative estimate of drug-likeness (QED) is 0.407. The molecule has 0 bridgehead atoms. The topological polar surface area (TPSA) is 151 Å². The van der Waals surface area contributed by atoms with Crippen LogP contribution in [0.25, 0.3) is 0 Å². The number of nitrogens with one attached hydrogen (secondary N) is 2. The number of ether oxygens (including phenoxy) is 1. The number of phenols is 1. The van der Waals surface area contributed by atoms with E-state index < -0.39 is 47.9 Å². The zero-order valence-electron chi connectivity index (χ0n) is 21.3. The molecule has 10 nitrogen and oxygen atoms in total. The number of hydrogen-bond acceptors (Lipinski definition) is 6. The number of amides is 4. The summed E-state index contributed by atoms with van der Waals surface area (Å²) in [6, 6.07) is 3.63. The van der Waals surface area contributed by atoms with Crippen LogP contribution in [0.1, 0.15) is 83.7 Å². The van der Waals surface area contributed by atoms with Crippen molar-refractivity contribution in [1.82, 2.24) is 15.5 Å². The number of hydrogen-bond donors (Lipinski definition) is 4. The Labute approximate surface area is 211 Å². The van der Waals surface area contributed by atoms with Crippen molar-refractivity contribution in [1.29, 1.82) is 0 Å². The molecule has 0 saturated heterocycles. The monoisotopic (exact) mass is 502 g/mol. The van der Waals surface area contributed by atoms with E-state index in [-0.39, 0.29) is 23.4 Å². The van der Waals surface area contributed by atoms with Crippen molar-refractivity contribution in [2.75, 3.05) is 0 Å². The van der Waals surface area contributed by atoms with Gasteiger partial charge in [0.2, 0.25) is 17.7 Å². The van der Waals surface area contributed by atoms with Gasteiger partial charge in [0.1, 0.15) is 23.4 Å². The van der Waals surface area contributed by atoms with Crippen LogP contribution < -0.4 is 16.4 Å². The maximum Gasteiger partial charge on any atom is 0.408 e. The first kappa shape index (κ1) is 27.3. The van der Waals surface area contributed by atoms with E-state index in [1.54, 1.807) is 39.0 Å². The average Bonchev–Trinajstić information content (AvgIpc) is 3.61. The Hall–Kier alpha value is -3.30. The molecule has 2 unspecified atom stereocenters. The molecule has 0 spiro atoms. The first-order valence-corrected chi connectivity index (χ1v) is 12.6. The van der Waals surface area contributed by atoms with Crippen molar-refractivity contribution in [3.8, 4) is 5.75 Å². The Morgan fingerprint density at radius 1 is 1.08 bits per heavy atom. The molecule has 10 heteroatoms. The van der Waals surface area contributed by atoms with E-state index in [4.69, 9.17) is 10.5 Å². The minimum atomic E-state index is -1.33. The first-order chi connectivity index (χ1) is 17.0. The molecule has 0 aliphatic heterocycles. The van der Waals surface area contributed by atoms with E-state index in [9.17, 15) is 24.3 Å². The third-order valence-corrected chi connectivity index (χ3v) is 6.30. The van der Waals surface area contributed by atoms with Crippen molar-refractivity contribution in [2.24, 2.45) is 5.73 Å². The predicted molar refractivity (Wildman–Crippen MR) is 133 cm³/mol. The fourth-order valence-corrected chi connectivity index (χ4v) is 4.56. The van der Waals surface area contributed by atoms with Gasteiger partial charge in [-0.25, -0.2) is 4.79 Å².